The first-order chi connectivity index (χ1) is 13.4. The molecule has 4 amide bonds. The minimum Gasteiger partial charge on any atom is -0.325 e. The summed E-state index contributed by atoms with van der Waals surface area (Å²) in [6.45, 7) is -0.412. The number of carbonyl (C=O) groups excluding carboxylic acids is 4. The molecule has 0 radical (unpaired) electrons. The molecule has 0 spiro atoms. The summed E-state index contributed by atoms with van der Waals surface area (Å²) in [6.07, 6.45) is -0.255. The van der Waals surface area contributed by atoms with Crippen LogP contribution in [0.2, 0.25) is 0 Å². The molecule has 8 nitrogen and oxygen atoms in total. The summed E-state index contributed by atoms with van der Waals surface area (Å²) in [7, 11) is 0. The number of benzene rings is 2. The number of imide groups is 1. The maximum Gasteiger partial charge on any atom is 0.262 e. The van der Waals surface area contributed by atoms with Gasteiger partial charge in [-0.3, -0.25) is 24.1 Å². The van der Waals surface area contributed by atoms with Crippen molar-refractivity contribution in [1.82, 2.24) is 4.90 Å². The van der Waals surface area contributed by atoms with Crippen LogP contribution in [0.5, 0.6) is 0 Å². The molecule has 0 atom stereocenters. The fourth-order valence-electron chi connectivity index (χ4n) is 2.66. The van der Waals surface area contributed by atoms with Gasteiger partial charge in [0, 0.05) is 15.8 Å². The van der Waals surface area contributed by atoms with Crippen LogP contribution in [0.15, 0.2) is 46.9 Å². The van der Waals surface area contributed by atoms with Crippen molar-refractivity contribution in [3.05, 3.63) is 58.1 Å². The van der Waals surface area contributed by atoms with Gasteiger partial charge < -0.3 is 10.6 Å². The molecule has 0 saturated carbocycles. The molecule has 2 N–H and O–H groups in total. The highest BCUT2D eigenvalue weighted by Crippen LogP contribution is 2.26. The van der Waals surface area contributed by atoms with E-state index >= 15 is 0 Å². The van der Waals surface area contributed by atoms with Crippen molar-refractivity contribution in [2.45, 2.75) is 6.42 Å². The first-order valence-electron chi connectivity index (χ1n) is 8.11. The summed E-state index contributed by atoms with van der Waals surface area (Å²) in [5.41, 5.74) is 1.43. The topological polar surface area (TPSA) is 119 Å². The van der Waals surface area contributed by atoms with E-state index in [0.717, 1.165) is 4.90 Å². The molecule has 0 bridgehead atoms. The molecule has 2 aromatic rings. The van der Waals surface area contributed by atoms with E-state index in [-0.39, 0.29) is 17.5 Å². The number of rotatable bonds is 5. The number of hydrogen-bond donors (Lipinski definition) is 2. The number of carbonyl (C=O) groups is 4. The summed E-state index contributed by atoms with van der Waals surface area (Å²) in [6, 6.07) is 12.7. The van der Waals surface area contributed by atoms with Crippen LogP contribution in [-0.4, -0.2) is 35.1 Å². The van der Waals surface area contributed by atoms with Crippen LogP contribution in [0.3, 0.4) is 0 Å². The molecule has 1 aliphatic heterocycles. The van der Waals surface area contributed by atoms with Crippen LogP contribution in [0.4, 0.5) is 11.4 Å². The first kappa shape index (κ1) is 19.3. The third-order valence-electron chi connectivity index (χ3n) is 3.93. The standard InChI is InChI=1S/C19H13BrN4O4/c20-11-1-6-14-15(9-11)19(28)24(18(14)27)10-17(26)23-13-4-2-12(3-5-13)22-16(25)7-8-21/h1-6,9H,7,10H2,(H,22,25)(H,23,26). The molecule has 0 aromatic heterocycles. The van der Waals surface area contributed by atoms with Crippen LogP contribution in [0.1, 0.15) is 27.1 Å². The van der Waals surface area contributed by atoms with E-state index < -0.39 is 30.2 Å². The molecular weight excluding hydrogens is 428 g/mol. The van der Waals surface area contributed by atoms with Crippen molar-refractivity contribution in [2.24, 2.45) is 0 Å². The number of nitrogens with zero attached hydrogens (tertiary/aromatic N) is 2. The highest BCUT2D eigenvalue weighted by molar-refractivity contribution is 9.10. The smallest absolute Gasteiger partial charge is 0.262 e. The van der Waals surface area contributed by atoms with E-state index in [1.807, 2.05) is 0 Å². The zero-order valence-corrected chi connectivity index (χ0v) is 15.9. The van der Waals surface area contributed by atoms with Crippen LogP contribution >= 0.6 is 15.9 Å². The third kappa shape index (κ3) is 4.07. The van der Waals surface area contributed by atoms with Crippen molar-refractivity contribution < 1.29 is 19.2 Å². The number of halogens is 1. The Bertz CT molecular complexity index is 1030. The third-order valence-corrected chi connectivity index (χ3v) is 4.42. The Labute approximate surface area is 168 Å². The number of nitrogens with one attached hydrogen (secondary N) is 2. The van der Waals surface area contributed by atoms with Gasteiger partial charge in [0.15, 0.2) is 0 Å². The van der Waals surface area contributed by atoms with Gasteiger partial charge in [0.05, 0.1) is 17.2 Å². The minimum absolute atomic E-state index is 0.254. The zero-order valence-electron chi connectivity index (χ0n) is 14.4. The Morgan fingerprint density at radius 3 is 2.11 bits per heavy atom. The molecule has 9 heteroatoms. The predicted molar refractivity (Wildman–Crippen MR) is 103 cm³/mol. The van der Waals surface area contributed by atoms with E-state index in [9.17, 15) is 19.2 Å². The van der Waals surface area contributed by atoms with Gasteiger partial charge in [0.25, 0.3) is 11.8 Å². The van der Waals surface area contributed by atoms with Gasteiger partial charge in [0.1, 0.15) is 13.0 Å². The highest BCUT2D eigenvalue weighted by Gasteiger charge is 2.36. The fourth-order valence-corrected chi connectivity index (χ4v) is 3.03. The Hall–Kier alpha value is -3.51. The van der Waals surface area contributed by atoms with Crippen LogP contribution in [-0.2, 0) is 9.59 Å². The Balaban J connectivity index is 1.62. The van der Waals surface area contributed by atoms with Crippen molar-refractivity contribution >= 4 is 50.9 Å². The van der Waals surface area contributed by atoms with Crippen LogP contribution in [0.25, 0.3) is 0 Å². The van der Waals surface area contributed by atoms with Gasteiger partial charge in [-0.25, -0.2) is 0 Å². The SMILES string of the molecule is N#CCC(=O)Nc1ccc(NC(=O)CN2C(=O)c3ccc(Br)cc3C2=O)cc1. The molecular formula is C19H13BrN4O4. The van der Waals surface area contributed by atoms with Gasteiger partial charge in [-0.2, -0.15) is 5.26 Å². The normalized spacial score (nSPS) is 12.4. The summed E-state index contributed by atoms with van der Waals surface area (Å²) in [4.78, 5) is 49.3. The zero-order chi connectivity index (χ0) is 20.3. The Morgan fingerprint density at radius 1 is 0.929 bits per heavy atom. The van der Waals surface area contributed by atoms with Crippen molar-refractivity contribution in [3.63, 3.8) is 0 Å². The van der Waals surface area contributed by atoms with E-state index in [0.29, 0.717) is 15.8 Å². The summed E-state index contributed by atoms with van der Waals surface area (Å²) in [5.74, 6) is -2.00. The Morgan fingerprint density at radius 2 is 1.50 bits per heavy atom. The lowest BCUT2D eigenvalue weighted by Gasteiger charge is -2.14. The van der Waals surface area contributed by atoms with E-state index in [4.69, 9.17) is 5.26 Å². The first-order valence-corrected chi connectivity index (χ1v) is 8.91. The molecule has 1 heterocycles. The number of fused-ring (bicyclic) bond motifs is 1. The maximum absolute atomic E-state index is 12.4. The van der Waals surface area contributed by atoms with Crippen LogP contribution in [0, 0.1) is 11.3 Å². The van der Waals surface area contributed by atoms with Crippen molar-refractivity contribution in [1.29, 1.82) is 5.26 Å². The largest absolute Gasteiger partial charge is 0.325 e. The molecule has 0 saturated heterocycles. The van der Waals surface area contributed by atoms with Gasteiger partial charge in [-0.15, -0.1) is 0 Å². The molecule has 3 rings (SSSR count). The van der Waals surface area contributed by atoms with Gasteiger partial charge in [0.2, 0.25) is 11.8 Å². The minimum atomic E-state index is -0.533. The second kappa shape index (κ2) is 8.02. The lowest BCUT2D eigenvalue weighted by Crippen LogP contribution is -2.37. The van der Waals surface area contributed by atoms with Crippen molar-refractivity contribution in [2.75, 3.05) is 17.2 Å². The van der Waals surface area contributed by atoms with E-state index in [1.165, 1.54) is 6.07 Å². The number of hydrogen-bond acceptors (Lipinski definition) is 5. The quantitative estimate of drug-likeness (QED) is 0.692. The summed E-state index contributed by atoms with van der Waals surface area (Å²) < 4.78 is 0.667. The maximum atomic E-state index is 12.4. The van der Waals surface area contributed by atoms with E-state index in [1.54, 1.807) is 42.5 Å². The molecule has 0 fully saturated rings. The van der Waals surface area contributed by atoms with Gasteiger partial charge >= 0.3 is 0 Å². The van der Waals surface area contributed by atoms with Gasteiger partial charge in [-0.1, -0.05) is 15.9 Å². The number of amides is 4. The van der Waals surface area contributed by atoms with Crippen molar-refractivity contribution in [3.8, 4) is 6.07 Å². The monoisotopic (exact) mass is 440 g/mol. The molecule has 140 valence electrons. The second-order valence-corrected chi connectivity index (χ2v) is 6.81. The molecule has 1 aliphatic rings. The molecule has 2 aromatic carbocycles. The summed E-state index contributed by atoms with van der Waals surface area (Å²) in [5, 5.41) is 13.6. The van der Waals surface area contributed by atoms with Gasteiger partial charge in [-0.05, 0) is 42.5 Å². The van der Waals surface area contributed by atoms with Crippen LogP contribution < -0.4 is 10.6 Å². The van der Waals surface area contributed by atoms with E-state index in [2.05, 4.69) is 26.6 Å². The number of nitriles is 1. The fraction of sp³-hybridized carbons (Fsp3) is 0.105. The predicted octanol–water partition coefficient (Wildman–Crippen LogP) is 2.54. The molecule has 28 heavy (non-hydrogen) atoms. The lowest BCUT2D eigenvalue weighted by atomic mass is 10.1. The Kier molecular flexibility index (Phi) is 5.52. The second-order valence-electron chi connectivity index (χ2n) is 5.89. The molecule has 0 unspecified atom stereocenters. The average Bonchev–Trinajstić information content (AvgIpc) is 2.88. The summed E-state index contributed by atoms with van der Waals surface area (Å²) >= 11 is 3.25. The average molecular weight is 441 g/mol. The molecule has 0 aliphatic carbocycles. The number of anilines is 2. The lowest BCUT2D eigenvalue weighted by molar-refractivity contribution is -0.116. The highest BCUT2D eigenvalue weighted by atomic mass is 79.9.